The van der Waals surface area contributed by atoms with E-state index in [1.807, 2.05) is 6.07 Å². The maximum absolute atomic E-state index is 9.89. The summed E-state index contributed by atoms with van der Waals surface area (Å²) in [4.78, 5) is 2.42. The van der Waals surface area contributed by atoms with Crippen molar-refractivity contribution in [2.24, 2.45) is 0 Å². The summed E-state index contributed by atoms with van der Waals surface area (Å²) in [6.07, 6.45) is 0. The van der Waals surface area contributed by atoms with E-state index in [9.17, 15) is 5.11 Å². The zero-order valence-corrected chi connectivity index (χ0v) is 14.4. The van der Waals surface area contributed by atoms with Crippen molar-refractivity contribution in [2.45, 2.75) is 32.5 Å². The second-order valence-corrected chi connectivity index (χ2v) is 6.06. The number of phenols is 1. The lowest BCUT2D eigenvalue weighted by Gasteiger charge is -2.37. The second-order valence-electron chi connectivity index (χ2n) is 5.20. The zero-order valence-electron chi connectivity index (χ0n) is 12.0. The van der Waals surface area contributed by atoms with Crippen LogP contribution in [0.4, 0.5) is 0 Å². The lowest BCUT2D eigenvalue weighted by molar-refractivity contribution is 0.138. The highest BCUT2D eigenvalue weighted by Crippen LogP contribution is 2.33. The van der Waals surface area contributed by atoms with Gasteiger partial charge in [0.1, 0.15) is 0 Å². The van der Waals surface area contributed by atoms with E-state index in [1.165, 1.54) is 0 Å². The number of aromatic hydroxyl groups is 1. The van der Waals surface area contributed by atoms with Gasteiger partial charge in [-0.2, -0.15) is 0 Å². The van der Waals surface area contributed by atoms with Gasteiger partial charge in [-0.25, -0.2) is 0 Å². The predicted octanol–water partition coefficient (Wildman–Crippen LogP) is 2.77. The number of nitrogens with zero attached hydrogens (tertiary/aromatic N) is 1. The van der Waals surface area contributed by atoms with E-state index in [1.54, 1.807) is 13.2 Å². The lowest BCUT2D eigenvalue weighted by Crippen LogP contribution is -2.53. The third kappa shape index (κ3) is 4.01. The Morgan fingerprint density at radius 1 is 1.45 bits per heavy atom. The Balaban J connectivity index is 0.00000200. The monoisotopic (exact) mass is 364 g/mol. The third-order valence-corrected chi connectivity index (χ3v) is 4.35. The van der Waals surface area contributed by atoms with E-state index in [4.69, 9.17) is 4.74 Å². The number of halogens is 2. The van der Waals surface area contributed by atoms with Crippen LogP contribution in [0.2, 0.25) is 0 Å². The Kier molecular flexibility index (Phi) is 6.58. The van der Waals surface area contributed by atoms with Crippen molar-refractivity contribution in [3.8, 4) is 11.5 Å². The minimum absolute atomic E-state index is 0. The number of hydrogen-bond acceptors (Lipinski definition) is 4. The molecule has 0 radical (unpaired) electrons. The van der Waals surface area contributed by atoms with Crippen LogP contribution in [0.5, 0.6) is 11.5 Å². The molecule has 1 aromatic rings. The van der Waals surface area contributed by atoms with Gasteiger partial charge in [0.25, 0.3) is 0 Å². The van der Waals surface area contributed by atoms with E-state index in [0.29, 0.717) is 17.8 Å². The van der Waals surface area contributed by atoms with Crippen molar-refractivity contribution in [3.05, 3.63) is 22.2 Å². The smallest absolute Gasteiger partial charge is 0.161 e. The molecule has 0 saturated carbocycles. The molecule has 6 heteroatoms. The molecule has 0 bridgehead atoms. The number of rotatable bonds is 3. The standard InChI is InChI=1S/C14H21BrN2O2.ClH/c1-9-7-17(10(2)6-16-9)8-11-4-13(18)14(19-3)5-12(11)15;/h4-5,9-10,16,18H,6-8H2,1-3H3;1H. The molecule has 1 aliphatic heterocycles. The van der Waals surface area contributed by atoms with Crippen LogP contribution in [0.3, 0.4) is 0 Å². The first-order valence-electron chi connectivity index (χ1n) is 6.54. The SMILES string of the molecule is COc1cc(Br)c(CN2CC(C)NCC2C)cc1O.Cl. The minimum atomic E-state index is 0. The molecule has 2 N–H and O–H groups in total. The normalized spacial score (nSPS) is 23.2. The van der Waals surface area contributed by atoms with Crippen molar-refractivity contribution in [3.63, 3.8) is 0 Å². The molecule has 4 nitrogen and oxygen atoms in total. The highest BCUT2D eigenvalue weighted by Gasteiger charge is 2.23. The average molecular weight is 366 g/mol. The fraction of sp³-hybridized carbons (Fsp3) is 0.571. The van der Waals surface area contributed by atoms with Crippen LogP contribution in [0, 0.1) is 0 Å². The predicted molar refractivity (Wildman–Crippen MR) is 86.9 cm³/mol. The number of phenolic OH excluding ortho intramolecular Hbond substituents is 1. The van der Waals surface area contributed by atoms with E-state index in [0.717, 1.165) is 29.7 Å². The Hall–Kier alpha value is -0.490. The number of ether oxygens (including phenoxy) is 1. The highest BCUT2D eigenvalue weighted by molar-refractivity contribution is 9.10. The van der Waals surface area contributed by atoms with Crippen LogP contribution in [0.25, 0.3) is 0 Å². The molecule has 2 unspecified atom stereocenters. The van der Waals surface area contributed by atoms with Crippen molar-refractivity contribution < 1.29 is 9.84 Å². The summed E-state index contributed by atoms with van der Waals surface area (Å²) < 4.78 is 6.08. The summed E-state index contributed by atoms with van der Waals surface area (Å²) in [5, 5.41) is 13.4. The molecule has 0 amide bonds. The quantitative estimate of drug-likeness (QED) is 0.864. The van der Waals surface area contributed by atoms with Gasteiger partial charge in [-0.15, -0.1) is 12.4 Å². The summed E-state index contributed by atoms with van der Waals surface area (Å²) in [6.45, 7) is 7.25. The van der Waals surface area contributed by atoms with Gasteiger partial charge in [-0.1, -0.05) is 15.9 Å². The van der Waals surface area contributed by atoms with Gasteiger partial charge in [0.05, 0.1) is 7.11 Å². The van der Waals surface area contributed by atoms with Crippen LogP contribution in [0.15, 0.2) is 16.6 Å². The first kappa shape index (κ1) is 17.6. The number of piperazine rings is 1. The number of nitrogens with one attached hydrogen (secondary N) is 1. The molecular weight excluding hydrogens is 344 g/mol. The van der Waals surface area contributed by atoms with Crippen LogP contribution < -0.4 is 10.1 Å². The molecule has 114 valence electrons. The van der Waals surface area contributed by atoms with Crippen LogP contribution in [-0.4, -0.2) is 42.3 Å². The maximum Gasteiger partial charge on any atom is 0.161 e. The molecule has 2 atom stereocenters. The number of hydrogen-bond donors (Lipinski definition) is 2. The summed E-state index contributed by atoms with van der Waals surface area (Å²) in [6, 6.07) is 4.60. The Labute approximate surface area is 135 Å². The number of methoxy groups -OCH3 is 1. The molecule has 20 heavy (non-hydrogen) atoms. The summed E-state index contributed by atoms with van der Waals surface area (Å²) in [5.41, 5.74) is 1.08. The average Bonchev–Trinajstić information content (AvgIpc) is 2.37. The van der Waals surface area contributed by atoms with E-state index >= 15 is 0 Å². The third-order valence-electron chi connectivity index (χ3n) is 3.61. The number of benzene rings is 1. The maximum atomic E-state index is 9.89. The molecule has 0 aromatic heterocycles. The van der Waals surface area contributed by atoms with Gasteiger partial charge in [-0.3, -0.25) is 4.90 Å². The summed E-state index contributed by atoms with van der Waals surface area (Å²) >= 11 is 3.55. The highest BCUT2D eigenvalue weighted by atomic mass is 79.9. The Bertz CT molecular complexity index is 459. The first-order valence-corrected chi connectivity index (χ1v) is 7.33. The lowest BCUT2D eigenvalue weighted by atomic mass is 10.1. The molecule has 1 heterocycles. The second kappa shape index (κ2) is 7.50. The molecule has 1 aromatic carbocycles. The fourth-order valence-corrected chi connectivity index (χ4v) is 2.86. The fourth-order valence-electron chi connectivity index (χ4n) is 2.41. The van der Waals surface area contributed by atoms with Crippen LogP contribution in [-0.2, 0) is 6.54 Å². The summed E-state index contributed by atoms with van der Waals surface area (Å²) in [7, 11) is 1.56. The molecule has 2 rings (SSSR count). The van der Waals surface area contributed by atoms with Gasteiger partial charge in [-0.05, 0) is 31.5 Å². The van der Waals surface area contributed by atoms with Crippen LogP contribution >= 0.6 is 28.3 Å². The summed E-state index contributed by atoms with van der Waals surface area (Å²) in [5.74, 6) is 0.689. The molecular formula is C14H22BrClN2O2. The van der Waals surface area contributed by atoms with E-state index in [2.05, 4.69) is 40.0 Å². The first-order chi connectivity index (χ1) is 9.01. The van der Waals surface area contributed by atoms with Gasteiger partial charge < -0.3 is 15.2 Å². The largest absolute Gasteiger partial charge is 0.504 e. The molecule has 1 saturated heterocycles. The van der Waals surface area contributed by atoms with Crippen molar-refractivity contribution in [1.29, 1.82) is 0 Å². The van der Waals surface area contributed by atoms with Gasteiger partial charge in [0, 0.05) is 36.2 Å². The molecule has 0 aliphatic carbocycles. The molecule has 0 spiro atoms. The Morgan fingerprint density at radius 3 is 2.80 bits per heavy atom. The Morgan fingerprint density at radius 2 is 2.15 bits per heavy atom. The van der Waals surface area contributed by atoms with E-state index < -0.39 is 0 Å². The minimum Gasteiger partial charge on any atom is -0.504 e. The molecule has 1 aliphatic rings. The van der Waals surface area contributed by atoms with Gasteiger partial charge >= 0.3 is 0 Å². The van der Waals surface area contributed by atoms with Crippen molar-refractivity contribution >= 4 is 28.3 Å². The zero-order chi connectivity index (χ0) is 14.0. The van der Waals surface area contributed by atoms with Gasteiger partial charge in [0.15, 0.2) is 11.5 Å². The van der Waals surface area contributed by atoms with Crippen LogP contribution in [0.1, 0.15) is 19.4 Å². The van der Waals surface area contributed by atoms with Gasteiger partial charge in [0.2, 0.25) is 0 Å². The van der Waals surface area contributed by atoms with E-state index in [-0.39, 0.29) is 18.2 Å². The van der Waals surface area contributed by atoms with Crippen molar-refractivity contribution in [1.82, 2.24) is 10.2 Å². The molecule has 1 fully saturated rings. The van der Waals surface area contributed by atoms with Crippen molar-refractivity contribution in [2.75, 3.05) is 20.2 Å². The topological polar surface area (TPSA) is 44.7 Å².